The summed E-state index contributed by atoms with van der Waals surface area (Å²) in [4.78, 5) is 25.8. The van der Waals surface area contributed by atoms with E-state index in [0.717, 1.165) is 5.75 Å². The minimum Gasteiger partial charge on any atom is -0.342 e. The molecule has 1 N–H and O–H groups in total. The van der Waals surface area contributed by atoms with Crippen LogP contribution in [0, 0.1) is 11.3 Å². The van der Waals surface area contributed by atoms with Gasteiger partial charge in [0.25, 0.3) is 0 Å². The number of carbonyl (C=O) groups excluding carboxylic acids is 2. The Morgan fingerprint density at radius 2 is 2.06 bits per heavy atom. The molecule has 2 amide bonds. The second-order valence-corrected chi connectivity index (χ2v) is 7.06. The van der Waals surface area contributed by atoms with Gasteiger partial charge in [-0.3, -0.25) is 9.59 Å². The van der Waals surface area contributed by atoms with Crippen LogP contribution in [0.5, 0.6) is 0 Å². The van der Waals surface area contributed by atoms with Crippen molar-refractivity contribution in [2.24, 2.45) is 11.3 Å². The van der Waals surface area contributed by atoms with Crippen molar-refractivity contribution in [2.45, 2.75) is 33.7 Å². The van der Waals surface area contributed by atoms with Gasteiger partial charge in [0.1, 0.15) is 6.04 Å². The standard InChI is InChI=1S/C13H24N2O2S/c1-9(8-18-5)6-15-7-10(16)14-11(12(15)17)13(2,3)4/h9,11H,6-8H2,1-5H3,(H,14,16). The zero-order valence-corrected chi connectivity index (χ0v) is 12.8. The fourth-order valence-corrected chi connectivity index (χ4v) is 2.83. The molecule has 0 aromatic rings. The minimum atomic E-state index is -0.403. The summed E-state index contributed by atoms with van der Waals surface area (Å²) in [6, 6.07) is -0.403. The Kier molecular flexibility index (Phi) is 5.08. The molecule has 104 valence electrons. The fraction of sp³-hybridized carbons (Fsp3) is 0.846. The molecule has 5 heteroatoms. The third-order valence-corrected chi connectivity index (χ3v) is 3.95. The molecule has 1 aliphatic rings. The zero-order chi connectivity index (χ0) is 13.9. The summed E-state index contributed by atoms with van der Waals surface area (Å²) in [5, 5.41) is 2.81. The molecule has 1 saturated heterocycles. The van der Waals surface area contributed by atoms with E-state index in [1.54, 1.807) is 16.7 Å². The summed E-state index contributed by atoms with van der Waals surface area (Å²) in [7, 11) is 0. The number of nitrogens with one attached hydrogen (secondary N) is 1. The number of rotatable bonds is 4. The van der Waals surface area contributed by atoms with Gasteiger partial charge in [0.15, 0.2) is 0 Å². The van der Waals surface area contributed by atoms with Crippen LogP contribution in [-0.2, 0) is 9.59 Å². The first-order valence-corrected chi connectivity index (χ1v) is 7.72. The molecule has 2 unspecified atom stereocenters. The summed E-state index contributed by atoms with van der Waals surface area (Å²) < 4.78 is 0. The van der Waals surface area contributed by atoms with Crippen molar-refractivity contribution in [3.05, 3.63) is 0 Å². The normalized spacial score (nSPS) is 22.9. The number of carbonyl (C=O) groups is 2. The second kappa shape index (κ2) is 5.95. The van der Waals surface area contributed by atoms with Crippen molar-refractivity contribution in [1.29, 1.82) is 0 Å². The highest BCUT2D eigenvalue weighted by molar-refractivity contribution is 7.98. The van der Waals surface area contributed by atoms with E-state index >= 15 is 0 Å². The molecule has 4 nitrogen and oxygen atoms in total. The van der Waals surface area contributed by atoms with Gasteiger partial charge < -0.3 is 10.2 Å². The number of amides is 2. The predicted molar refractivity (Wildman–Crippen MR) is 75.5 cm³/mol. The lowest BCUT2D eigenvalue weighted by atomic mass is 9.84. The van der Waals surface area contributed by atoms with Gasteiger partial charge in [-0.15, -0.1) is 0 Å². The quantitative estimate of drug-likeness (QED) is 0.840. The molecule has 0 bridgehead atoms. The maximum Gasteiger partial charge on any atom is 0.246 e. The van der Waals surface area contributed by atoms with Crippen LogP contribution in [0.25, 0.3) is 0 Å². The topological polar surface area (TPSA) is 49.4 Å². The van der Waals surface area contributed by atoms with Gasteiger partial charge in [-0.2, -0.15) is 11.8 Å². The monoisotopic (exact) mass is 272 g/mol. The zero-order valence-electron chi connectivity index (χ0n) is 11.9. The fourth-order valence-electron chi connectivity index (χ4n) is 2.16. The van der Waals surface area contributed by atoms with Crippen molar-refractivity contribution >= 4 is 23.6 Å². The van der Waals surface area contributed by atoms with E-state index in [9.17, 15) is 9.59 Å². The maximum atomic E-state index is 12.4. The summed E-state index contributed by atoms with van der Waals surface area (Å²) in [6.45, 7) is 8.91. The molecule has 0 spiro atoms. The smallest absolute Gasteiger partial charge is 0.246 e. The molecule has 1 heterocycles. The molecule has 0 saturated carbocycles. The van der Waals surface area contributed by atoms with Crippen molar-refractivity contribution in [3.63, 3.8) is 0 Å². The van der Waals surface area contributed by atoms with E-state index in [1.807, 2.05) is 20.8 Å². The van der Waals surface area contributed by atoms with Crippen LogP contribution in [0.1, 0.15) is 27.7 Å². The van der Waals surface area contributed by atoms with E-state index in [2.05, 4.69) is 18.5 Å². The predicted octanol–water partition coefficient (Wildman–Crippen LogP) is 1.36. The Labute approximate surface area is 114 Å². The van der Waals surface area contributed by atoms with Gasteiger partial charge >= 0.3 is 0 Å². The summed E-state index contributed by atoms with van der Waals surface area (Å²) in [6.07, 6.45) is 2.05. The van der Waals surface area contributed by atoms with E-state index in [4.69, 9.17) is 0 Å². The van der Waals surface area contributed by atoms with Crippen molar-refractivity contribution in [2.75, 3.05) is 25.1 Å². The maximum absolute atomic E-state index is 12.4. The van der Waals surface area contributed by atoms with Gasteiger partial charge in [0.2, 0.25) is 11.8 Å². The molecule has 1 rings (SSSR count). The average Bonchev–Trinajstić information content (AvgIpc) is 2.21. The lowest BCUT2D eigenvalue weighted by Crippen LogP contribution is -2.62. The molecule has 0 aliphatic carbocycles. The Hall–Kier alpha value is -0.710. The second-order valence-electron chi connectivity index (χ2n) is 6.15. The molecule has 2 atom stereocenters. The number of piperazine rings is 1. The molecular formula is C13H24N2O2S. The van der Waals surface area contributed by atoms with Crippen LogP contribution in [0.3, 0.4) is 0 Å². The number of thioether (sulfide) groups is 1. The van der Waals surface area contributed by atoms with Crippen LogP contribution in [0.15, 0.2) is 0 Å². The molecule has 0 radical (unpaired) electrons. The minimum absolute atomic E-state index is 0.0501. The van der Waals surface area contributed by atoms with Gasteiger partial charge in [-0.1, -0.05) is 27.7 Å². The lowest BCUT2D eigenvalue weighted by Gasteiger charge is -2.39. The summed E-state index contributed by atoms with van der Waals surface area (Å²) >= 11 is 1.77. The number of nitrogens with zero attached hydrogens (tertiary/aromatic N) is 1. The summed E-state index contributed by atoms with van der Waals surface area (Å²) in [5.74, 6) is 1.42. The van der Waals surface area contributed by atoms with Crippen molar-refractivity contribution < 1.29 is 9.59 Å². The molecule has 1 fully saturated rings. The van der Waals surface area contributed by atoms with Crippen LogP contribution in [0.2, 0.25) is 0 Å². The first kappa shape index (κ1) is 15.3. The van der Waals surface area contributed by atoms with Gasteiger partial charge in [0.05, 0.1) is 6.54 Å². The van der Waals surface area contributed by atoms with E-state index in [-0.39, 0.29) is 23.8 Å². The van der Waals surface area contributed by atoms with Crippen molar-refractivity contribution in [1.82, 2.24) is 10.2 Å². The summed E-state index contributed by atoms with van der Waals surface area (Å²) in [5.41, 5.74) is -0.242. The molecular weight excluding hydrogens is 248 g/mol. The molecule has 18 heavy (non-hydrogen) atoms. The molecule has 0 aromatic heterocycles. The first-order valence-electron chi connectivity index (χ1n) is 6.32. The Morgan fingerprint density at radius 3 is 2.56 bits per heavy atom. The van der Waals surface area contributed by atoms with E-state index in [1.165, 1.54) is 0 Å². The van der Waals surface area contributed by atoms with Crippen molar-refractivity contribution in [3.8, 4) is 0 Å². The van der Waals surface area contributed by atoms with Crippen LogP contribution < -0.4 is 5.32 Å². The molecule has 0 aromatic carbocycles. The van der Waals surface area contributed by atoms with Gasteiger partial charge in [-0.25, -0.2) is 0 Å². The highest BCUT2D eigenvalue weighted by Crippen LogP contribution is 2.23. The highest BCUT2D eigenvalue weighted by atomic mass is 32.2. The SMILES string of the molecule is CSCC(C)CN1CC(=O)NC(C(C)(C)C)C1=O. The number of hydrogen-bond acceptors (Lipinski definition) is 3. The Bertz CT molecular complexity index is 325. The first-order chi connectivity index (χ1) is 8.25. The third-order valence-electron chi connectivity index (χ3n) is 3.05. The largest absolute Gasteiger partial charge is 0.342 e. The lowest BCUT2D eigenvalue weighted by molar-refractivity contribution is -0.147. The van der Waals surface area contributed by atoms with Crippen LogP contribution in [-0.4, -0.2) is 47.9 Å². The van der Waals surface area contributed by atoms with E-state index < -0.39 is 6.04 Å². The number of hydrogen-bond donors (Lipinski definition) is 1. The van der Waals surface area contributed by atoms with Crippen LogP contribution in [0.4, 0.5) is 0 Å². The molecule has 1 aliphatic heterocycles. The average molecular weight is 272 g/mol. The third kappa shape index (κ3) is 3.90. The van der Waals surface area contributed by atoms with Gasteiger partial charge in [-0.05, 0) is 23.3 Å². The highest BCUT2D eigenvalue weighted by Gasteiger charge is 2.39. The Balaban J connectivity index is 2.74. The van der Waals surface area contributed by atoms with Gasteiger partial charge in [0, 0.05) is 6.54 Å². The van der Waals surface area contributed by atoms with E-state index in [0.29, 0.717) is 12.5 Å². The Morgan fingerprint density at radius 1 is 1.44 bits per heavy atom. The van der Waals surface area contributed by atoms with Crippen LogP contribution >= 0.6 is 11.8 Å².